The number of nitrogens with zero attached hydrogens (tertiary/aromatic N) is 3. The number of hydrogen-bond donors (Lipinski definition) is 4. The normalized spacial score (nSPS) is 12.5. The zero-order valence-corrected chi connectivity index (χ0v) is 11.5. The minimum atomic E-state index is -1.05. The Labute approximate surface area is 119 Å². The van der Waals surface area contributed by atoms with Crippen LogP contribution in [-0.4, -0.2) is 48.6 Å². The van der Waals surface area contributed by atoms with Gasteiger partial charge in [0.2, 0.25) is 5.95 Å². The maximum atomic E-state index is 12.0. The summed E-state index contributed by atoms with van der Waals surface area (Å²) in [6, 6.07) is 0. The number of rotatable bonds is 6. The van der Waals surface area contributed by atoms with Crippen molar-refractivity contribution < 1.29 is 10.2 Å². The monoisotopic (exact) mass is 295 g/mol. The van der Waals surface area contributed by atoms with E-state index in [1.165, 1.54) is 16.2 Å². The van der Waals surface area contributed by atoms with Crippen LogP contribution in [0.1, 0.15) is 0 Å². The number of fused-ring (bicyclic) bond motifs is 1. The van der Waals surface area contributed by atoms with Crippen molar-refractivity contribution in [3.63, 3.8) is 0 Å². The van der Waals surface area contributed by atoms with Gasteiger partial charge in [-0.25, -0.2) is 4.79 Å². The van der Waals surface area contributed by atoms with Crippen LogP contribution in [0.25, 0.3) is 11.2 Å². The Kier molecular flexibility index (Phi) is 4.24. The summed E-state index contributed by atoms with van der Waals surface area (Å²) in [7, 11) is 1.48. The van der Waals surface area contributed by atoms with E-state index in [-0.39, 0.29) is 17.7 Å². The summed E-state index contributed by atoms with van der Waals surface area (Å²) in [5.41, 5.74) is -0.830. The van der Waals surface area contributed by atoms with E-state index < -0.39 is 24.0 Å². The first-order valence-corrected chi connectivity index (χ1v) is 6.32. The topological polar surface area (TPSA) is 125 Å². The van der Waals surface area contributed by atoms with Crippen LogP contribution >= 0.6 is 0 Å². The molecule has 114 valence electrons. The maximum Gasteiger partial charge on any atom is 0.329 e. The first-order valence-electron chi connectivity index (χ1n) is 6.32. The SMILES string of the molecule is C=CCNc1nc2c(c(=O)[nH]c(=O)n2C)n1C[C@H](O)CO. The summed E-state index contributed by atoms with van der Waals surface area (Å²) in [4.78, 5) is 30.0. The Morgan fingerprint density at radius 1 is 1.52 bits per heavy atom. The van der Waals surface area contributed by atoms with Gasteiger partial charge in [0.25, 0.3) is 5.56 Å². The molecule has 0 saturated carbocycles. The van der Waals surface area contributed by atoms with Gasteiger partial charge in [-0.1, -0.05) is 6.08 Å². The number of hydrogen-bond acceptors (Lipinski definition) is 6. The molecule has 9 heteroatoms. The average molecular weight is 295 g/mol. The highest BCUT2D eigenvalue weighted by Gasteiger charge is 2.18. The van der Waals surface area contributed by atoms with Crippen molar-refractivity contribution in [2.45, 2.75) is 12.6 Å². The zero-order valence-electron chi connectivity index (χ0n) is 11.5. The Hall–Kier alpha value is -2.39. The standard InChI is InChI=1S/C12H17N5O4/c1-3-4-13-11-14-9-8(17(11)5-7(19)6-18)10(20)15-12(21)16(9)2/h3,7,18-19H,1,4-6H2,2H3,(H,13,14)(H,15,20,21)/t7-/m0/s1. The number of aromatic nitrogens is 4. The molecular formula is C12H17N5O4. The summed E-state index contributed by atoms with van der Waals surface area (Å²) in [6.07, 6.45) is 0.554. The van der Waals surface area contributed by atoms with Gasteiger partial charge >= 0.3 is 5.69 Å². The van der Waals surface area contributed by atoms with E-state index in [2.05, 4.69) is 21.9 Å². The van der Waals surface area contributed by atoms with E-state index in [1.807, 2.05) is 0 Å². The van der Waals surface area contributed by atoms with Crippen LogP contribution in [-0.2, 0) is 13.6 Å². The fraction of sp³-hybridized carbons (Fsp3) is 0.417. The van der Waals surface area contributed by atoms with Crippen molar-refractivity contribution in [3.05, 3.63) is 33.5 Å². The van der Waals surface area contributed by atoms with Crippen LogP contribution in [0.4, 0.5) is 5.95 Å². The zero-order chi connectivity index (χ0) is 15.6. The lowest BCUT2D eigenvalue weighted by molar-refractivity contribution is 0.0825. The lowest BCUT2D eigenvalue weighted by Gasteiger charge is -2.12. The highest BCUT2D eigenvalue weighted by Crippen LogP contribution is 2.15. The Morgan fingerprint density at radius 2 is 2.24 bits per heavy atom. The van der Waals surface area contributed by atoms with E-state index in [1.54, 1.807) is 6.08 Å². The Morgan fingerprint density at radius 3 is 2.86 bits per heavy atom. The third kappa shape index (κ3) is 2.73. The van der Waals surface area contributed by atoms with Gasteiger partial charge in [-0.2, -0.15) is 4.98 Å². The van der Waals surface area contributed by atoms with Gasteiger partial charge in [0.05, 0.1) is 19.3 Å². The third-order valence-electron chi connectivity index (χ3n) is 3.02. The molecule has 0 saturated heterocycles. The van der Waals surface area contributed by atoms with E-state index in [4.69, 9.17) is 5.11 Å². The summed E-state index contributed by atoms with van der Waals surface area (Å²) >= 11 is 0. The molecule has 1 atom stereocenters. The van der Waals surface area contributed by atoms with Crippen LogP contribution in [0.5, 0.6) is 0 Å². The summed E-state index contributed by atoms with van der Waals surface area (Å²) < 4.78 is 2.63. The molecule has 0 aliphatic carbocycles. The molecule has 0 aliphatic rings. The molecule has 0 amide bonds. The second-order valence-corrected chi connectivity index (χ2v) is 4.54. The molecule has 4 N–H and O–H groups in total. The largest absolute Gasteiger partial charge is 0.394 e. The molecule has 2 heterocycles. The summed E-state index contributed by atoms with van der Waals surface area (Å²) in [6.45, 7) is 3.48. The van der Waals surface area contributed by atoms with Crippen LogP contribution in [0.15, 0.2) is 22.2 Å². The average Bonchev–Trinajstić information content (AvgIpc) is 2.81. The number of H-pyrrole nitrogens is 1. The number of anilines is 1. The molecule has 21 heavy (non-hydrogen) atoms. The fourth-order valence-corrected chi connectivity index (χ4v) is 1.98. The molecule has 0 aromatic carbocycles. The molecule has 0 aliphatic heterocycles. The van der Waals surface area contributed by atoms with Gasteiger partial charge in [0.15, 0.2) is 11.2 Å². The predicted molar refractivity (Wildman–Crippen MR) is 77.4 cm³/mol. The number of nitrogens with one attached hydrogen (secondary N) is 2. The van der Waals surface area contributed by atoms with Crippen molar-refractivity contribution in [1.29, 1.82) is 0 Å². The third-order valence-corrected chi connectivity index (χ3v) is 3.02. The van der Waals surface area contributed by atoms with Crippen LogP contribution in [0.3, 0.4) is 0 Å². The molecule has 0 spiro atoms. The lowest BCUT2D eigenvalue weighted by Crippen LogP contribution is -2.30. The summed E-state index contributed by atoms with van der Waals surface area (Å²) in [5.74, 6) is 0.309. The first-order chi connectivity index (χ1) is 9.99. The van der Waals surface area contributed by atoms with Crippen LogP contribution < -0.4 is 16.6 Å². The first kappa shape index (κ1) is 15.0. The number of aromatic amines is 1. The quantitative estimate of drug-likeness (QED) is 0.474. The van der Waals surface area contributed by atoms with Crippen molar-refractivity contribution >= 4 is 17.1 Å². The van der Waals surface area contributed by atoms with E-state index >= 15 is 0 Å². The molecule has 2 aromatic heterocycles. The summed E-state index contributed by atoms with van der Waals surface area (Å²) in [5, 5.41) is 21.5. The van der Waals surface area contributed by atoms with Crippen molar-refractivity contribution in [1.82, 2.24) is 19.1 Å². The van der Waals surface area contributed by atoms with Crippen molar-refractivity contribution in [2.75, 3.05) is 18.5 Å². The van der Waals surface area contributed by atoms with Gasteiger partial charge in [-0.3, -0.25) is 14.3 Å². The van der Waals surface area contributed by atoms with Crippen molar-refractivity contribution in [3.8, 4) is 0 Å². The predicted octanol–water partition coefficient (Wildman–Crippen LogP) is -1.63. The van der Waals surface area contributed by atoms with E-state index in [0.29, 0.717) is 12.5 Å². The van der Waals surface area contributed by atoms with Gasteiger partial charge in [-0.15, -0.1) is 6.58 Å². The van der Waals surface area contributed by atoms with Crippen molar-refractivity contribution in [2.24, 2.45) is 7.05 Å². The lowest BCUT2D eigenvalue weighted by atomic mass is 10.3. The Balaban J connectivity index is 2.70. The maximum absolute atomic E-state index is 12.0. The Bertz CT molecular complexity index is 772. The fourth-order valence-electron chi connectivity index (χ4n) is 1.98. The molecular weight excluding hydrogens is 278 g/mol. The number of aryl methyl sites for hydroxylation is 1. The highest BCUT2D eigenvalue weighted by molar-refractivity contribution is 5.74. The van der Waals surface area contributed by atoms with E-state index in [9.17, 15) is 14.7 Å². The second kappa shape index (κ2) is 5.94. The number of aliphatic hydroxyl groups is 2. The molecule has 2 aromatic rings. The van der Waals surface area contributed by atoms with Crippen LogP contribution in [0, 0.1) is 0 Å². The molecule has 0 radical (unpaired) electrons. The second-order valence-electron chi connectivity index (χ2n) is 4.54. The molecule has 9 nitrogen and oxygen atoms in total. The van der Waals surface area contributed by atoms with Gasteiger partial charge < -0.3 is 20.1 Å². The number of imidazole rings is 1. The minimum Gasteiger partial charge on any atom is -0.394 e. The van der Waals surface area contributed by atoms with E-state index in [0.717, 1.165) is 0 Å². The van der Waals surface area contributed by atoms with Gasteiger partial charge in [0.1, 0.15) is 0 Å². The smallest absolute Gasteiger partial charge is 0.329 e. The molecule has 0 fully saturated rings. The molecule has 0 unspecified atom stereocenters. The van der Waals surface area contributed by atoms with Crippen LogP contribution in [0.2, 0.25) is 0 Å². The van der Waals surface area contributed by atoms with Gasteiger partial charge in [-0.05, 0) is 0 Å². The highest BCUT2D eigenvalue weighted by atomic mass is 16.3. The molecule has 2 rings (SSSR count). The van der Waals surface area contributed by atoms with Gasteiger partial charge in [0, 0.05) is 13.6 Å². The molecule has 0 bridgehead atoms. The minimum absolute atomic E-state index is 0.0340. The number of aliphatic hydroxyl groups excluding tert-OH is 2.